The molecule has 2 rings (SSSR count). The second-order valence-corrected chi connectivity index (χ2v) is 6.05. The fourth-order valence-corrected chi connectivity index (χ4v) is 2.50. The number of aromatic hydroxyl groups is 1. The Bertz CT molecular complexity index is 724. The molecule has 0 unspecified atom stereocenters. The van der Waals surface area contributed by atoms with E-state index in [0.717, 1.165) is 11.0 Å². The number of phenolic OH excluding ortho intramolecular Hbond substituents is 1. The van der Waals surface area contributed by atoms with Crippen LogP contribution in [0.15, 0.2) is 53.9 Å². The van der Waals surface area contributed by atoms with Crippen LogP contribution in [0, 0.1) is 0 Å². The van der Waals surface area contributed by atoms with E-state index >= 15 is 0 Å². The molecule has 0 aromatic heterocycles. The van der Waals surface area contributed by atoms with E-state index < -0.39 is 10.0 Å². The summed E-state index contributed by atoms with van der Waals surface area (Å²) in [5.74, 6) is -0.00752. The fourth-order valence-electron chi connectivity index (χ4n) is 1.51. The van der Waals surface area contributed by atoms with Gasteiger partial charge in [0.2, 0.25) is 0 Å². The van der Waals surface area contributed by atoms with Crippen LogP contribution in [0.5, 0.6) is 5.75 Å². The lowest BCUT2D eigenvalue weighted by molar-refractivity contribution is 0.475. The van der Waals surface area contributed by atoms with Crippen molar-refractivity contribution >= 4 is 33.4 Å². The van der Waals surface area contributed by atoms with Gasteiger partial charge in [-0.15, -0.1) is 0 Å². The number of halogens is 1. The topological polar surface area (TPSA) is 66.4 Å². The van der Waals surface area contributed by atoms with E-state index in [1.807, 2.05) is 0 Å². The van der Waals surface area contributed by atoms with Crippen LogP contribution < -0.4 is 4.72 Å². The molecule has 4 nitrogen and oxygen atoms in total. The number of nitrogens with one attached hydrogen (secondary N) is 1. The monoisotopic (exact) mass is 309 g/mol. The molecular formula is C14H12ClNO3S. The Morgan fingerprint density at radius 3 is 2.45 bits per heavy atom. The zero-order valence-corrected chi connectivity index (χ0v) is 11.9. The first-order valence-corrected chi connectivity index (χ1v) is 7.62. The van der Waals surface area contributed by atoms with Crippen molar-refractivity contribution in [1.29, 1.82) is 0 Å². The largest absolute Gasteiger partial charge is 0.508 e. The highest BCUT2D eigenvalue weighted by molar-refractivity contribution is 7.95. The normalized spacial score (nSPS) is 11.7. The number of sulfonamides is 1. The highest BCUT2D eigenvalue weighted by Gasteiger charge is 2.05. The second kappa shape index (κ2) is 5.98. The smallest absolute Gasteiger partial charge is 0.255 e. The molecule has 104 valence electrons. The Morgan fingerprint density at radius 2 is 1.80 bits per heavy atom. The average Bonchev–Trinajstić information content (AvgIpc) is 2.37. The summed E-state index contributed by atoms with van der Waals surface area (Å²) in [7, 11) is -3.63. The van der Waals surface area contributed by atoms with Gasteiger partial charge < -0.3 is 5.11 Å². The minimum absolute atomic E-state index is 0.00752. The van der Waals surface area contributed by atoms with Crippen molar-refractivity contribution in [3.05, 3.63) is 64.5 Å². The standard InChI is InChI=1S/C14H12ClNO3S/c15-12-6-4-11(5-7-12)8-9-20(18,19)16-13-2-1-3-14(17)10-13/h1-10,16-17H/b9-8+. The summed E-state index contributed by atoms with van der Waals surface area (Å²) < 4.78 is 26.0. The molecule has 2 aromatic rings. The average molecular weight is 310 g/mol. The molecule has 0 atom stereocenters. The molecule has 2 N–H and O–H groups in total. The molecule has 0 amide bonds. The summed E-state index contributed by atoms with van der Waals surface area (Å²) in [6.45, 7) is 0. The van der Waals surface area contributed by atoms with Crippen molar-refractivity contribution in [3.8, 4) is 5.75 Å². The number of hydrogen-bond acceptors (Lipinski definition) is 3. The first kappa shape index (κ1) is 14.4. The Balaban J connectivity index is 2.13. The molecule has 0 saturated heterocycles. The maximum Gasteiger partial charge on any atom is 0.255 e. The Morgan fingerprint density at radius 1 is 1.10 bits per heavy atom. The number of phenols is 1. The molecular weight excluding hydrogens is 298 g/mol. The van der Waals surface area contributed by atoms with Gasteiger partial charge in [0.05, 0.1) is 11.1 Å². The van der Waals surface area contributed by atoms with Gasteiger partial charge in [0.25, 0.3) is 10.0 Å². The first-order valence-electron chi connectivity index (χ1n) is 5.70. The molecule has 0 aliphatic carbocycles. The number of hydrogen-bond donors (Lipinski definition) is 2. The third kappa shape index (κ3) is 4.29. The van der Waals surface area contributed by atoms with Crippen LogP contribution >= 0.6 is 11.6 Å². The highest BCUT2D eigenvalue weighted by atomic mass is 35.5. The Labute approximate surface area is 122 Å². The molecule has 0 radical (unpaired) electrons. The third-order valence-electron chi connectivity index (χ3n) is 2.42. The van der Waals surface area contributed by atoms with Crippen LogP contribution in [0.4, 0.5) is 5.69 Å². The maximum atomic E-state index is 11.8. The summed E-state index contributed by atoms with van der Waals surface area (Å²) in [6.07, 6.45) is 1.46. The van der Waals surface area contributed by atoms with E-state index in [1.54, 1.807) is 36.4 Å². The quantitative estimate of drug-likeness (QED) is 0.909. The van der Waals surface area contributed by atoms with Gasteiger partial charge >= 0.3 is 0 Å². The van der Waals surface area contributed by atoms with Crippen LogP contribution in [0.2, 0.25) is 5.02 Å². The molecule has 0 spiro atoms. The van der Waals surface area contributed by atoms with Gasteiger partial charge in [0.1, 0.15) is 5.75 Å². The number of benzene rings is 2. The molecule has 0 heterocycles. The van der Waals surface area contributed by atoms with E-state index in [2.05, 4.69) is 4.72 Å². The van der Waals surface area contributed by atoms with Gasteiger partial charge in [-0.25, -0.2) is 8.42 Å². The second-order valence-electron chi connectivity index (χ2n) is 4.05. The van der Waals surface area contributed by atoms with Gasteiger partial charge in [-0.3, -0.25) is 4.72 Å². The molecule has 2 aromatic carbocycles. The molecule has 0 bridgehead atoms. The Kier molecular flexibility index (Phi) is 4.32. The highest BCUT2D eigenvalue weighted by Crippen LogP contribution is 2.17. The molecule has 0 fully saturated rings. The van der Waals surface area contributed by atoms with Gasteiger partial charge in [-0.05, 0) is 35.9 Å². The van der Waals surface area contributed by atoms with Crippen LogP contribution in [-0.2, 0) is 10.0 Å². The summed E-state index contributed by atoms with van der Waals surface area (Å²) in [6, 6.07) is 12.7. The predicted octanol–water partition coefficient (Wildman–Crippen LogP) is 3.46. The SMILES string of the molecule is O=S(=O)(/C=C/c1ccc(Cl)cc1)Nc1cccc(O)c1. The van der Waals surface area contributed by atoms with E-state index in [9.17, 15) is 13.5 Å². The Hall–Kier alpha value is -1.98. The van der Waals surface area contributed by atoms with Crippen molar-refractivity contribution in [1.82, 2.24) is 0 Å². The van der Waals surface area contributed by atoms with Gasteiger partial charge in [-0.1, -0.05) is 29.8 Å². The number of anilines is 1. The van der Waals surface area contributed by atoms with Crippen molar-refractivity contribution in [2.24, 2.45) is 0 Å². The lowest BCUT2D eigenvalue weighted by atomic mass is 10.2. The first-order chi connectivity index (χ1) is 9.44. The van der Waals surface area contributed by atoms with E-state index in [4.69, 9.17) is 11.6 Å². The summed E-state index contributed by atoms with van der Waals surface area (Å²) >= 11 is 5.75. The van der Waals surface area contributed by atoms with E-state index in [-0.39, 0.29) is 5.75 Å². The zero-order chi connectivity index (χ0) is 14.6. The molecule has 20 heavy (non-hydrogen) atoms. The third-order valence-corrected chi connectivity index (χ3v) is 3.68. The molecule has 0 aliphatic rings. The van der Waals surface area contributed by atoms with Crippen LogP contribution in [0.1, 0.15) is 5.56 Å². The van der Waals surface area contributed by atoms with Crippen molar-refractivity contribution in [2.45, 2.75) is 0 Å². The molecule has 0 saturated carbocycles. The van der Waals surface area contributed by atoms with E-state index in [0.29, 0.717) is 10.7 Å². The number of rotatable bonds is 4. The lowest BCUT2D eigenvalue weighted by Gasteiger charge is -2.04. The van der Waals surface area contributed by atoms with Crippen LogP contribution in [0.25, 0.3) is 6.08 Å². The summed E-state index contributed by atoms with van der Waals surface area (Å²) in [5, 5.41) is 10.9. The minimum Gasteiger partial charge on any atom is -0.508 e. The maximum absolute atomic E-state index is 11.8. The summed E-state index contributed by atoms with van der Waals surface area (Å²) in [4.78, 5) is 0. The van der Waals surface area contributed by atoms with E-state index in [1.165, 1.54) is 18.2 Å². The fraction of sp³-hybridized carbons (Fsp3) is 0. The zero-order valence-electron chi connectivity index (χ0n) is 10.3. The molecule has 0 aliphatic heterocycles. The van der Waals surface area contributed by atoms with Crippen molar-refractivity contribution in [3.63, 3.8) is 0 Å². The lowest BCUT2D eigenvalue weighted by Crippen LogP contribution is -2.08. The molecule has 6 heteroatoms. The van der Waals surface area contributed by atoms with Gasteiger partial charge in [0.15, 0.2) is 0 Å². The van der Waals surface area contributed by atoms with Crippen LogP contribution in [-0.4, -0.2) is 13.5 Å². The van der Waals surface area contributed by atoms with Gasteiger partial charge in [0, 0.05) is 11.1 Å². The van der Waals surface area contributed by atoms with Gasteiger partial charge in [-0.2, -0.15) is 0 Å². The van der Waals surface area contributed by atoms with Crippen molar-refractivity contribution in [2.75, 3.05) is 4.72 Å². The summed E-state index contributed by atoms with van der Waals surface area (Å²) in [5.41, 5.74) is 1.02. The predicted molar refractivity (Wildman–Crippen MR) is 81.1 cm³/mol. The van der Waals surface area contributed by atoms with Crippen molar-refractivity contribution < 1.29 is 13.5 Å². The minimum atomic E-state index is -3.63. The van der Waals surface area contributed by atoms with Crippen LogP contribution in [0.3, 0.4) is 0 Å².